The first-order valence-electron chi connectivity index (χ1n) is 6.46. The van der Waals surface area contributed by atoms with Crippen molar-refractivity contribution in [1.82, 2.24) is 4.90 Å². The second-order valence-corrected chi connectivity index (χ2v) is 5.03. The number of aliphatic hydroxyl groups is 2. The molecule has 1 heterocycles. The van der Waals surface area contributed by atoms with E-state index in [-0.39, 0.29) is 17.9 Å². The number of benzene rings is 1. The number of halogens is 1. The fraction of sp³-hybridized carbons (Fsp3) is 0.500. The van der Waals surface area contributed by atoms with Crippen LogP contribution in [0.15, 0.2) is 18.2 Å². The fourth-order valence-electron chi connectivity index (χ4n) is 2.47. The maximum absolute atomic E-state index is 13.6. The molecule has 1 fully saturated rings. The van der Waals surface area contributed by atoms with E-state index in [1.165, 1.54) is 30.2 Å². The molecule has 0 aromatic heterocycles. The molecule has 1 aliphatic rings. The largest absolute Gasteiger partial charge is 0.493 e. The molecule has 2 N–H and O–H groups in total. The van der Waals surface area contributed by atoms with Gasteiger partial charge in [-0.3, -0.25) is 4.79 Å². The summed E-state index contributed by atoms with van der Waals surface area (Å²) < 4.78 is 18.5. The first-order valence-corrected chi connectivity index (χ1v) is 6.46. The van der Waals surface area contributed by atoms with Crippen molar-refractivity contribution in [2.45, 2.75) is 18.4 Å². The summed E-state index contributed by atoms with van der Waals surface area (Å²) >= 11 is 0. The summed E-state index contributed by atoms with van der Waals surface area (Å²) in [6.45, 7) is 0.0832. The van der Waals surface area contributed by atoms with Crippen LogP contribution in [0.5, 0.6) is 5.75 Å². The van der Waals surface area contributed by atoms with E-state index >= 15 is 0 Å². The van der Waals surface area contributed by atoms with Crippen LogP contribution in [0.2, 0.25) is 0 Å². The molecule has 1 saturated heterocycles. The number of ether oxygens (including phenoxy) is 1. The molecule has 5 nitrogen and oxygen atoms in total. The molecule has 2 rings (SSSR count). The van der Waals surface area contributed by atoms with Crippen molar-refractivity contribution in [2.75, 3.05) is 26.8 Å². The Morgan fingerprint density at radius 1 is 1.55 bits per heavy atom. The summed E-state index contributed by atoms with van der Waals surface area (Å²) in [5, 5.41) is 19.3. The van der Waals surface area contributed by atoms with Crippen molar-refractivity contribution in [2.24, 2.45) is 0 Å². The molecule has 1 atom stereocenters. The smallest absolute Gasteiger partial charge is 0.257 e. The van der Waals surface area contributed by atoms with E-state index in [1.54, 1.807) is 0 Å². The summed E-state index contributed by atoms with van der Waals surface area (Å²) in [7, 11) is 1.30. The molecule has 110 valence electrons. The topological polar surface area (TPSA) is 70.0 Å². The highest BCUT2D eigenvalue weighted by molar-refractivity contribution is 5.97. The number of nitrogens with zero attached hydrogens (tertiary/aromatic N) is 1. The zero-order valence-corrected chi connectivity index (χ0v) is 11.3. The van der Waals surface area contributed by atoms with Crippen molar-refractivity contribution in [3.05, 3.63) is 29.6 Å². The number of likely N-dealkylation sites (tertiary alicyclic amines) is 1. The van der Waals surface area contributed by atoms with Crippen molar-refractivity contribution < 1.29 is 24.1 Å². The second-order valence-electron chi connectivity index (χ2n) is 5.03. The lowest BCUT2D eigenvalue weighted by Crippen LogP contribution is -2.52. The van der Waals surface area contributed by atoms with Gasteiger partial charge in [0.2, 0.25) is 0 Å². The van der Waals surface area contributed by atoms with Gasteiger partial charge in [-0.25, -0.2) is 4.39 Å². The van der Waals surface area contributed by atoms with Crippen molar-refractivity contribution in [3.63, 3.8) is 0 Å². The molecule has 1 amide bonds. The molecule has 0 spiro atoms. The highest BCUT2D eigenvalue weighted by Crippen LogP contribution is 2.27. The number of carbonyl (C=O) groups is 1. The normalized spacial score (nSPS) is 22.7. The third-order valence-electron chi connectivity index (χ3n) is 3.54. The first kappa shape index (κ1) is 14.7. The van der Waals surface area contributed by atoms with E-state index in [4.69, 9.17) is 4.74 Å². The molecular formula is C14H18FNO4. The van der Waals surface area contributed by atoms with Crippen molar-refractivity contribution in [3.8, 4) is 5.75 Å². The van der Waals surface area contributed by atoms with Gasteiger partial charge in [-0.15, -0.1) is 0 Å². The molecule has 1 unspecified atom stereocenters. The number of carbonyl (C=O) groups excluding carboxylic acids is 1. The van der Waals surface area contributed by atoms with Gasteiger partial charge >= 0.3 is 0 Å². The Balaban J connectivity index is 2.26. The number of piperidine rings is 1. The number of amides is 1. The van der Waals surface area contributed by atoms with Gasteiger partial charge in [-0.05, 0) is 25.0 Å². The van der Waals surface area contributed by atoms with Gasteiger partial charge in [0.15, 0.2) is 11.6 Å². The van der Waals surface area contributed by atoms with E-state index in [0.29, 0.717) is 19.4 Å². The number of hydrogen-bond acceptors (Lipinski definition) is 4. The molecule has 6 heteroatoms. The minimum absolute atomic E-state index is 0.0298. The molecule has 0 saturated carbocycles. The van der Waals surface area contributed by atoms with E-state index in [9.17, 15) is 19.4 Å². The quantitative estimate of drug-likeness (QED) is 0.860. The lowest BCUT2D eigenvalue weighted by Gasteiger charge is -2.38. The third kappa shape index (κ3) is 2.76. The number of aliphatic hydroxyl groups excluding tert-OH is 1. The lowest BCUT2D eigenvalue weighted by molar-refractivity contribution is -0.0598. The SMILES string of the molecule is COc1c(F)cccc1C(=O)N1CCCC(O)(CO)C1. The maximum atomic E-state index is 13.6. The average molecular weight is 283 g/mol. The Bertz CT molecular complexity index is 508. The minimum Gasteiger partial charge on any atom is -0.493 e. The molecule has 1 aromatic carbocycles. The van der Waals surface area contributed by atoms with Crippen molar-refractivity contribution >= 4 is 5.91 Å². The third-order valence-corrected chi connectivity index (χ3v) is 3.54. The van der Waals surface area contributed by atoms with Gasteiger partial charge in [0.1, 0.15) is 5.60 Å². The van der Waals surface area contributed by atoms with Crippen LogP contribution in [-0.4, -0.2) is 53.4 Å². The predicted molar refractivity (Wildman–Crippen MR) is 70.1 cm³/mol. The standard InChI is InChI=1S/C14H18FNO4/c1-20-12-10(4-2-5-11(12)15)13(18)16-7-3-6-14(19,8-16)9-17/h2,4-5,17,19H,3,6-9H2,1H3. The highest BCUT2D eigenvalue weighted by atomic mass is 19.1. The highest BCUT2D eigenvalue weighted by Gasteiger charge is 2.35. The second kappa shape index (κ2) is 5.76. The number of β-amino-alcohol motifs (C(OH)–C–C–N with tert-alkyl or cyclic N) is 1. The average Bonchev–Trinajstić information content (AvgIpc) is 2.46. The van der Waals surface area contributed by atoms with Gasteiger partial charge in [0.25, 0.3) is 5.91 Å². The van der Waals surface area contributed by atoms with Gasteiger partial charge in [0.05, 0.1) is 25.8 Å². The molecule has 0 aliphatic carbocycles. The summed E-state index contributed by atoms with van der Waals surface area (Å²) in [6, 6.07) is 4.14. The van der Waals surface area contributed by atoms with Crippen LogP contribution in [0, 0.1) is 5.82 Å². The summed E-state index contributed by atoms with van der Waals surface area (Å²) in [4.78, 5) is 13.8. The Morgan fingerprint density at radius 3 is 2.95 bits per heavy atom. The van der Waals surface area contributed by atoms with E-state index in [1.807, 2.05) is 0 Å². The summed E-state index contributed by atoms with van der Waals surface area (Å²) in [6.07, 6.45) is 1.02. The van der Waals surface area contributed by atoms with E-state index < -0.39 is 23.9 Å². The maximum Gasteiger partial charge on any atom is 0.257 e. The molecular weight excluding hydrogens is 265 g/mol. The zero-order valence-electron chi connectivity index (χ0n) is 11.3. The number of hydrogen-bond donors (Lipinski definition) is 2. The Morgan fingerprint density at radius 2 is 2.30 bits per heavy atom. The summed E-state index contributed by atoms with van der Waals surface area (Å²) in [5.41, 5.74) is -1.16. The van der Waals surface area contributed by atoms with Crippen LogP contribution in [-0.2, 0) is 0 Å². The number of para-hydroxylation sites is 1. The number of methoxy groups -OCH3 is 1. The van der Waals surface area contributed by atoms with Crippen LogP contribution < -0.4 is 4.74 Å². The predicted octanol–water partition coefficient (Wildman–Crippen LogP) is 0.794. The van der Waals surface area contributed by atoms with Gasteiger partial charge in [-0.1, -0.05) is 6.07 Å². The van der Waals surface area contributed by atoms with Crippen molar-refractivity contribution in [1.29, 1.82) is 0 Å². The monoisotopic (exact) mass is 283 g/mol. The van der Waals surface area contributed by atoms with Crippen LogP contribution in [0.4, 0.5) is 4.39 Å². The van der Waals surface area contributed by atoms with E-state index in [2.05, 4.69) is 0 Å². The molecule has 1 aromatic rings. The Hall–Kier alpha value is -1.66. The Labute approximate surface area is 116 Å². The zero-order chi connectivity index (χ0) is 14.8. The molecule has 20 heavy (non-hydrogen) atoms. The first-order chi connectivity index (χ1) is 9.50. The minimum atomic E-state index is -1.28. The fourth-order valence-corrected chi connectivity index (χ4v) is 2.47. The van der Waals surface area contributed by atoms with E-state index in [0.717, 1.165) is 0 Å². The molecule has 0 bridgehead atoms. The van der Waals surface area contributed by atoms with Gasteiger partial charge in [-0.2, -0.15) is 0 Å². The lowest BCUT2D eigenvalue weighted by atomic mass is 9.93. The van der Waals surface area contributed by atoms with Gasteiger partial charge < -0.3 is 19.8 Å². The summed E-state index contributed by atoms with van der Waals surface area (Å²) in [5.74, 6) is -1.11. The van der Waals surface area contributed by atoms with Crippen LogP contribution in [0.25, 0.3) is 0 Å². The van der Waals surface area contributed by atoms with Crippen LogP contribution in [0.1, 0.15) is 23.2 Å². The molecule has 0 radical (unpaired) electrons. The van der Waals surface area contributed by atoms with Crippen LogP contribution in [0.3, 0.4) is 0 Å². The number of rotatable bonds is 3. The molecule has 1 aliphatic heterocycles. The Kier molecular flexibility index (Phi) is 4.25. The van der Waals surface area contributed by atoms with Gasteiger partial charge in [0, 0.05) is 6.54 Å². The van der Waals surface area contributed by atoms with Crippen LogP contribution >= 0.6 is 0 Å².